The molecule has 0 aromatic heterocycles. The SMILES string of the molecule is CC(C)C[C@H](NC(=O)CNC(=O)c1cc(Cl)ccc1Cl)B1OC(=O)CCN(C)CC(=O)O1. The van der Waals surface area contributed by atoms with Gasteiger partial charge in [-0.1, -0.05) is 37.0 Å². The summed E-state index contributed by atoms with van der Waals surface area (Å²) in [6.07, 6.45) is 0.462. The van der Waals surface area contributed by atoms with Crippen LogP contribution in [0.4, 0.5) is 0 Å². The fraction of sp³-hybridized carbons (Fsp3) is 0.500. The van der Waals surface area contributed by atoms with Gasteiger partial charge in [-0.3, -0.25) is 24.1 Å². The molecule has 2 N–H and O–H groups in total. The number of likely N-dealkylation sites (N-methyl/N-ethyl adjacent to an activating group) is 1. The maximum atomic E-state index is 12.5. The van der Waals surface area contributed by atoms with Crippen molar-refractivity contribution in [2.24, 2.45) is 5.92 Å². The van der Waals surface area contributed by atoms with Gasteiger partial charge in [0.25, 0.3) is 11.9 Å². The van der Waals surface area contributed by atoms with Gasteiger partial charge in [0, 0.05) is 11.6 Å². The summed E-state index contributed by atoms with van der Waals surface area (Å²) in [5.41, 5.74) is 0.133. The number of hydrogen-bond acceptors (Lipinski definition) is 7. The molecule has 0 radical (unpaired) electrons. The number of carbonyl (C=O) groups is 4. The van der Waals surface area contributed by atoms with Crippen molar-refractivity contribution in [2.45, 2.75) is 32.6 Å². The van der Waals surface area contributed by atoms with E-state index in [1.54, 1.807) is 18.0 Å². The molecule has 9 nitrogen and oxygen atoms in total. The summed E-state index contributed by atoms with van der Waals surface area (Å²) in [6, 6.07) is 4.42. The van der Waals surface area contributed by atoms with E-state index in [1.165, 1.54) is 12.1 Å². The van der Waals surface area contributed by atoms with Crippen LogP contribution >= 0.6 is 23.2 Å². The molecule has 2 amide bonds. The van der Waals surface area contributed by atoms with Gasteiger partial charge in [0.05, 0.1) is 36.0 Å². The Morgan fingerprint density at radius 2 is 1.88 bits per heavy atom. The average molecular weight is 486 g/mol. The fourth-order valence-electron chi connectivity index (χ4n) is 3.06. The van der Waals surface area contributed by atoms with Crippen LogP contribution in [0.25, 0.3) is 0 Å². The predicted octanol–water partition coefficient (Wildman–Crippen LogP) is 1.70. The van der Waals surface area contributed by atoms with Crippen LogP contribution < -0.4 is 10.6 Å². The summed E-state index contributed by atoms with van der Waals surface area (Å²) in [7, 11) is 0.419. The Morgan fingerprint density at radius 3 is 2.56 bits per heavy atom. The van der Waals surface area contributed by atoms with Crippen LogP contribution in [0.1, 0.15) is 37.0 Å². The molecule has 1 atom stereocenters. The maximum Gasteiger partial charge on any atom is 0.622 e. The second kappa shape index (κ2) is 12.1. The lowest BCUT2D eigenvalue weighted by atomic mass is 9.73. The predicted molar refractivity (Wildman–Crippen MR) is 120 cm³/mol. The van der Waals surface area contributed by atoms with Gasteiger partial charge in [0.2, 0.25) is 5.91 Å². The van der Waals surface area contributed by atoms with Crippen molar-refractivity contribution in [3.05, 3.63) is 33.8 Å². The van der Waals surface area contributed by atoms with Gasteiger partial charge in [0.15, 0.2) is 0 Å². The number of halogens is 2. The van der Waals surface area contributed by atoms with Crippen molar-refractivity contribution in [3.63, 3.8) is 0 Å². The summed E-state index contributed by atoms with van der Waals surface area (Å²) < 4.78 is 10.7. The van der Waals surface area contributed by atoms with E-state index < -0.39 is 36.8 Å². The lowest BCUT2D eigenvalue weighted by molar-refractivity contribution is -0.139. The Kier molecular flexibility index (Phi) is 9.80. The number of rotatable bonds is 7. The zero-order chi connectivity index (χ0) is 23.8. The highest BCUT2D eigenvalue weighted by molar-refractivity contribution is 6.51. The van der Waals surface area contributed by atoms with Crippen LogP contribution in [0.15, 0.2) is 18.2 Å². The third-order valence-corrected chi connectivity index (χ3v) is 5.14. The molecular formula is C20H26BCl2N3O6. The van der Waals surface area contributed by atoms with Crippen LogP contribution in [-0.4, -0.2) is 68.4 Å². The quantitative estimate of drug-likeness (QED) is 0.565. The molecule has 1 fully saturated rings. The molecule has 1 aromatic rings. The number of nitrogens with one attached hydrogen (secondary N) is 2. The van der Waals surface area contributed by atoms with Gasteiger partial charge in [-0.2, -0.15) is 0 Å². The van der Waals surface area contributed by atoms with Crippen LogP contribution in [0, 0.1) is 5.92 Å². The minimum absolute atomic E-state index is 0.00800. The molecule has 1 aromatic carbocycles. The molecule has 2 rings (SSSR count). The van der Waals surface area contributed by atoms with E-state index in [0.29, 0.717) is 18.0 Å². The first-order chi connectivity index (χ1) is 15.0. The summed E-state index contributed by atoms with van der Waals surface area (Å²) in [4.78, 5) is 50.8. The average Bonchev–Trinajstić information content (AvgIpc) is 2.76. The monoisotopic (exact) mass is 485 g/mol. The molecule has 0 aliphatic carbocycles. The topological polar surface area (TPSA) is 114 Å². The van der Waals surface area contributed by atoms with Crippen molar-refractivity contribution in [3.8, 4) is 0 Å². The molecule has 174 valence electrons. The molecular weight excluding hydrogens is 460 g/mol. The zero-order valence-corrected chi connectivity index (χ0v) is 19.7. The van der Waals surface area contributed by atoms with Gasteiger partial charge in [-0.15, -0.1) is 0 Å². The Morgan fingerprint density at radius 1 is 1.19 bits per heavy atom. The van der Waals surface area contributed by atoms with Gasteiger partial charge in [0.1, 0.15) is 0 Å². The maximum absolute atomic E-state index is 12.5. The molecule has 1 heterocycles. The summed E-state index contributed by atoms with van der Waals surface area (Å²) in [5, 5.41) is 5.68. The molecule has 1 aliphatic rings. The number of amides is 2. The Labute approximate surface area is 197 Å². The van der Waals surface area contributed by atoms with E-state index in [1.807, 2.05) is 13.8 Å². The first kappa shape index (κ1) is 26.0. The fourth-order valence-corrected chi connectivity index (χ4v) is 3.43. The molecule has 0 spiro atoms. The number of nitrogens with zero attached hydrogens (tertiary/aromatic N) is 1. The Hall–Kier alpha value is -2.30. The van der Waals surface area contributed by atoms with Gasteiger partial charge in [-0.25, -0.2) is 0 Å². The smallest absolute Gasteiger partial charge is 0.498 e. The van der Waals surface area contributed by atoms with Crippen LogP contribution in [-0.2, 0) is 23.7 Å². The van der Waals surface area contributed by atoms with Crippen molar-refractivity contribution >= 4 is 54.1 Å². The minimum atomic E-state index is -1.27. The lowest BCUT2D eigenvalue weighted by Gasteiger charge is -2.24. The second-order valence-corrected chi connectivity index (χ2v) is 8.79. The highest BCUT2D eigenvalue weighted by Gasteiger charge is 2.40. The normalized spacial score (nSPS) is 16.4. The van der Waals surface area contributed by atoms with Crippen molar-refractivity contribution in [1.82, 2.24) is 15.5 Å². The summed E-state index contributed by atoms with van der Waals surface area (Å²) in [6.45, 7) is 3.79. The third-order valence-electron chi connectivity index (χ3n) is 4.57. The van der Waals surface area contributed by atoms with Crippen molar-refractivity contribution < 1.29 is 28.5 Å². The summed E-state index contributed by atoms with van der Waals surface area (Å²) in [5.74, 6) is -2.93. The minimum Gasteiger partial charge on any atom is -0.498 e. The first-order valence-corrected chi connectivity index (χ1v) is 10.9. The molecule has 32 heavy (non-hydrogen) atoms. The molecule has 0 bridgehead atoms. The number of benzene rings is 1. The van der Waals surface area contributed by atoms with E-state index >= 15 is 0 Å². The molecule has 1 aliphatic heterocycles. The van der Waals surface area contributed by atoms with Gasteiger partial charge in [-0.05, 0) is 37.6 Å². The van der Waals surface area contributed by atoms with Crippen molar-refractivity contribution in [1.29, 1.82) is 0 Å². The molecule has 12 heteroatoms. The molecule has 0 saturated carbocycles. The van der Waals surface area contributed by atoms with E-state index in [2.05, 4.69) is 10.6 Å². The third kappa shape index (κ3) is 8.33. The molecule has 0 unspecified atom stereocenters. The number of carbonyl (C=O) groups excluding carboxylic acids is 4. The van der Waals surface area contributed by atoms with E-state index in [9.17, 15) is 19.2 Å². The zero-order valence-electron chi connectivity index (χ0n) is 18.2. The van der Waals surface area contributed by atoms with Crippen LogP contribution in [0.3, 0.4) is 0 Å². The second-order valence-electron chi connectivity index (χ2n) is 7.95. The first-order valence-electron chi connectivity index (χ1n) is 10.1. The Balaban J connectivity index is 2.05. The van der Waals surface area contributed by atoms with E-state index in [0.717, 1.165) is 0 Å². The highest BCUT2D eigenvalue weighted by atomic mass is 35.5. The van der Waals surface area contributed by atoms with E-state index in [-0.39, 0.29) is 36.0 Å². The van der Waals surface area contributed by atoms with Crippen molar-refractivity contribution in [2.75, 3.05) is 26.7 Å². The highest BCUT2D eigenvalue weighted by Crippen LogP contribution is 2.20. The lowest BCUT2D eigenvalue weighted by Crippen LogP contribution is -2.53. The summed E-state index contributed by atoms with van der Waals surface area (Å²) >= 11 is 11.9. The van der Waals surface area contributed by atoms with Crippen LogP contribution in [0.5, 0.6) is 0 Å². The van der Waals surface area contributed by atoms with Gasteiger partial charge < -0.3 is 19.9 Å². The molecule has 1 saturated heterocycles. The van der Waals surface area contributed by atoms with Crippen LogP contribution in [0.2, 0.25) is 10.0 Å². The standard InChI is InChI=1S/C20H26BCl2N3O6/c1-12(2)8-16(21-31-18(28)6-7-26(3)11-19(29)32-21)25-17(27)10-24-20(30)14-9-13(22)4-5-15(14)23/h4-5,9,12,16H,6-8,10-11H2,1-3H3,(H,24,30)(H,25,27)/t16-/m0/s1. The van der Waals surface area contributed by atoms with Gasteiger partial charge >= 0.3 is 13.1 Å². The Bertz CT molecular complexity index is 870. The van der Waals surface area contributed by atoms with E-state index in [4.69, 9.17) is 32.5 Å². The number of hydrogen-bond donors (Lipinski definition) is 2. The largest absolute Gasteiger partial charge is 0.622 e.